The Labute approximate surface area is 265 Å². The Morgan fingerprint density at radius 2 is 1.76 bits per heavy atom. The Morgan fingerprint density at radius 3 is 2.48 bits per heavy atom. The van der Waals surface area contributed by atoms with Crippen LogP contribution >= 0.6 is 0 Å². The lowest BCUT2D eigenvalue weighted by molar-refractivity contribution is 0.381. The quantitative estimate of drug-likeness (QED) is 0.222. The van der Waals surface area contributed by atoms with Crippen LogP contribution in [0.4, 0.5) is 4.39 Å². The number of allylic oxidation sites excluding steroid dienone is 3. The van der Waals surface area contributed by atoms with Crippen LogP contribution in [0, 0.1) is 5.82 Å². The van der Waals surface area contributed by atoms with Crippen LogP contribution in [0.25, 0.3) is 27.6 Å². The summed E-state index contributed by atoms with van der Waals surface area (Å²) < 4.78 is 52.2. The van der Waals surface area contributed by atoms with Crippen LogP contribution in [0.15, 0.2) is 113 Å². The summed E-state index contributed by atoms with van der Waals surface area (Å²) in [6, 6.07) is 19.2. The Balaban J connectivity index is 1.50. The van der Waals surface area contributed by atoms with Crippen molar-refractivity contribution in [2.75, 3.05) is 7.11 Å². The van der Waals surface area contributed by atoms with Crippen molar-refractivity contribution in [3.8, 4) is 16.9 Å². The average molecular weight is 638 g/mol. The van der Waals surface area contributed by atoms with E-state index in [1.807, 2.05) is 36.5 Å². The highest BCUT2D eigenvalue weighted by atomic mass is 32.2. The van der Waals surface area contributed by atoms with Gasteiger partial charge in [-0.25, -0.2) is 16.8 Å². The molecule has 0 saturated heterocycles. The van der Waals surface area contributed by atoms with Gasteiger partial charge in [0.15, 0.2) is 11.6 Å². The van der Waals surface area contributed by atoms with Crippen molar-refractivity contribution < 1.29 is 17.5 Å². The maximum atomic E-state index is 16.2. The van der Waals surface area contributed by atoms with E-state index < -0.39 is 32.1 Å². The molecule has 8 nitrogen and oxygen atoms in total. The summed E-state index contributed by atoms with van der Waals surface area (Å²) in [5, 5.41) is 0.456. The number of benzene rings is 2. The van der Waals surface area contributed by atoms with Crippen molar-refractivity contribution in [1.29, 1.82) is 0 Å². The van der Waals surface area contributed by atoms with Crippen LogP contribution in [0.5, 0.6) is 5.75 Å². The van der Waals surface area contributed by atoms with Gasteiger partial charge in [-0.1, -0.05) is 54.6 Å². The van der Waals surface area contributed by atoms with Gasteiger partial charge in [-0.3, -0.25) is 9.59 Å². The zero-order valence-corrected chi connectivity index (χ0v) is 26.3. The van der Waals surface area contributed by atoms with Gasteiger partial charge < -0.3 is 14.3 Å². The molecule has 3 aromatic heterocycles. The highest BCUT2D eigenvalue weighted by Crippen LogP contribution is 2.50. The second kappa shape index (κ2) is 10.8. The minimum Gasteiger partial charge on any atom is -0.494 e. The fourth-order valence-electron chi connectivity index (χ4n) is 6.60. The van der Waals surface area contributed by atoms with E-state index in [4.69, 9.17) is 4.74 Å². The zero-order valence-electron chi connectivity index (χ0n) is 25.5. The number of methoxy groups -OCH3 is 1. The average Bonchev–Trinajstić information content (AvgIpc) is 3.79. The molecule has 2 aliphatic rings. The van der Waals surface area contributed by atoms with Crippen LogP contribution in [-0.2, 0) is 10.0 Å². The Morgan fingerprint density at radius 1 is 1.00 bits per heavy atom. The number of rotatable bonds is 7. The van der Waals surface area contributed by atoms with E-state index in [9.17, 15) is 18.0 Å². The lowest BCUT2D eigenvalue weighted by Crippen LogP contribution is -2.47. The largest absolute Gasteiger partial charge is 0.494 e. The number of hydrogen-bond donors (Lipinski definition) is 1. The first-order valence-electron chi connectivity index (χ1n) is 15.0. The standard InChI is InChI=1S/C36H32FN3O5S/c1-22-18-25(28-20-32(41)39(26-12-13-26)21-29(28)23-8-5-4-6-9-23)19-30(27-10-7-11-31(45-3)33(27)37)36(22,2)46(43,44)40-17-15-24-14-16-38-35(42)34(24)40/h4-11,14-21,26,30H,12-13H2,1-3H3,(H,38,42). The summed E-state index contributed by atoms with van der Waals surface area (Å²) in [4.78, 5) is 28.9. The lowest BCUT2D eigenvalue weighted by Gasteiger charge is -2.40. The van der Waals surface area contributed by atoms with Crippen LogP contribution in [0.3, 0.4) is 0 Å². The van der Waals surface area contributed by atoms with Crippen molar-refractivity contribution in [1.82, 2.24) is 13.5 Å². The molecule has 2 aliphatic carbocycles. The molecule has 2 atom stereocenters. The summed E-state index contributed by atoms with van der Waals surface area (Å²) in [6.07, 6.45) is 10.0. The lowest BCUT2D eigenvalue weighted by atomic mass is 9.75. The van der Waals surface area contributed by atoms with E-state index in [0.717, 1.165) is 27.9 Å². The molecule has 2 aromatic carbocycles. The maximum absolute atomic E-state index is 16.2. The van der Waals surface area contributed by atoms with Crippen molar-refractivity contribution in [3.63, 3.8) is 0 Å². The molecule has 2 unspecified atom stereocenters. The molecule has 0 spiro atoms. The molecule has 0 aliphatic heterocycles. The molecule has 1 fully saturated rings. The van der Waals surface area contributed by atoms with Crippen LogP contribution < -0.4 is 15.9 Å². The molecule has 0 amide bonds. The molecule has 234 valence electrons. The number of ether oxygens (including phenoxy) is 1. The van der Waals surface area contributed by atoms with Crippen molar-refractivity contribution in [3.05, 3.63) is 141 Å². The highest BCUT2D eigenvalue weighted by Gasteiger charge is 2.51. The fourth-order valence-corrected chi connectivity index (χ4v) is 8.64. The van der Waals surface area contributed by atoms with E-state index >= 15 is 4.39 Å². The Hall–Kier alpha value is -4.96. The third-order valence-electron chi connectivity index (χ3n) is 9.43. The van der Waals surface area contributed by atoms with Gasteiger partial charge in [-0.05, 0) is 67.2 Å². The van der Waals surface area contributed by atoms with Gasteiger partial charge in [0.05, 0.1) is 7.11 Å². The number of pyridine rings is 2. The summed E-state index contributed by atoms with van der Waals surface area (Å²) in [5.41, 5.74) is 2.68. The molecule has 10 heteroatoms. The summed E-state index contributed by atoms with van der Waals surface area (Å²) in [6.45, 7) is 3.25. The smallest absolute Gasteiger partial charge is 0.273 e. The molecule has 0 bridgehead atoms. The summed E-state index contributed by atoms with van der Waals surface area (Å²) >= 11 is 0. The molecule has 46 heavy (non-hydrogen) atoms. The fraction of sp³-hybridized carbons (Fsp3) is 0.222. The Bertz CT molecular complexity index is 2310. The van der Waals surface area contributed by atoms with Crippen LogP contribution in [0.1, 0.15) is 49.8 Å². The zero-order chi connectivity index (χ0) is 32.4. The predicted octanol–water partition coefficient (Wildman–Crippen LogP) is 6.40. The first-order valence-corrected chi connectivity index (χ1v) is 16.5. The van der Waals surface area contributed by atoms with E-state index in [2.05, 4.69) is 4.98 Å². The normalized spacial score (nSPS) is 20.0. The predicted molar refractivity (Wildman–Crippen MR) is 177 cm³/mol. The minimum atomic E-state index is -4.43. The first-order chi connectivity index (χ1) is 22.1. The van der Waals surface area contributed by atoms with Gasteiger partial charge >= 0.3 is 0 Å². The van der Waals surface area contributed by atoms with E-state index in [0.29, 0.717) is 22.1 Å². The molecular weight excluding hydrogens is 605 g/mol. The number of hydrogen-bond acceptors (Lipinski definition) is 5. The molecule has 5 aromatic rings. The van der Waals surface area contributed by atoms with E-state index in [1.54, 1.807) is 60.9 Å². The minimum absolute atomic E-state index is 0.0220. The summed E-state index contributed by atoms with van der Waals surface area (Å²) in [5.74, 6) is -1.80. The van der Waals surface area contributed by atoms with Crippen LogP contribution in [-0.4, -0.2) is 33.8 Å². The van der Waals surface area contributed by atoms with E-state index in [1.165, 1.54) is 25.6 Å². The SMILES string of the molecule is COc1cccc(C2C=C(c3cc(=O)n(C4CC4)cc3-c3ccccc3)C=C(C)C2(C)S(=O)(=O)n2ccc3cc[nH]c(=O)c32)c1F. The molecular formula is C36H32FN3O5S. The number of fused-ring (bicyclic) bond motifs is 1. The second-order valence-corrected chi connectivity index (χ2v) is 14.3. The van der Waals surface area contributed by atoms with Gasteiger partial charge in [-0.2, -0.15) is 0 Å². The first kappa shape index (κ1) is 29.7. The highest BCUT2D eigenvalue weighted by molar-refractivity contribution is 7.91. The molecule has 1 saturated carbocycles. The van der Waals surface area contributed by atoms with Gasteiger partial charge in [0, 0.05) is 53.1 Å². The van der Waals surface area contributed by atoms with Crippen molar-refractivity contribution >= 4 is 26.5 Å². The number of nitrogens with zero attached hydrogens (tertiary/aromatic N) is 2. The molecule has 7 rings (SSSR count). The monoisotopic (exact) mass is 637 g/mol. The third kappa shape index (κ3) is 4.50. The van der Waals surface area contributed by atoms with Crippen molar-refractivity contribution in [2.45, 2.75) is 43.4 Å². The number of nitrogens with one attached hydrogen (secondary N) is 1. The van der Waals surface area contributed by atoms with Gasteiger partial charge in [0.2, 0.25) is 10.0 Å². The number of H-pyrrole nitrogens is 1. The molecule has 1 N–H and O–H groups in total. The number of halogens is 1. The number of aromatic nitrogens is 3. The van der Waals surface area contributed by atoms with Gasteiger partial charge in [-0.15, -0.1) is 0 Å². The Kier molecular flexibility index (Phi) is 7.01. The maximum Gasteiger partial charge on any atom is 0.273 e. The van der Waals surface area contributed by atoms with Gasteiger partial charge in [0.1, 0.15) is 10.3 Å². The van der Waals surface area contributed by atoms with Crippen LogP contribution in [0.2, 0.25) is 0 Å². The molecule has 3 heterocycles. The van der Waals surface area contributed by atoms with Gasteiger partial charge in [0.25, 0.3) is 11.1 Å². The second-order valence-electron chi connectivity index (χ2n) is 12.1. The topological polar surface area (TPSA) is 103 Å². The molecule has 0 radical (unpaired) electrons. The van der Waals surface area contributed by atoms with E-state index in [-0.39, 0.29) is 28.4 Å². The summed E-state index contributed by atoms with van der Waals surface area (Å²) in [7, 11) is -3.07. The third-order valence-corrected chi connectivity index (χ3v) is 11.9. The number of aromatic amines is 1. The van der Waals surface area contributed by atoms with Crippen molar-refractivity contribution in [2.24, 2.45) is 0 Å².